The van der Waals surface area contributed by atoms with E-state index in [0.29, 0.717) is 24.3 Å². The van der Waals surface area contributed by atoms with Crippen LogP contribution in [-0.2, 0) is 0 Å². The standard InChI is InChI=1S/C11H10O2/c1-2-8-4-3-5-10-11(8)9(12)6-7-13-10/h2-5H,1,6-7H2. The molecule has 2 heteroatoms. The molecule has 0 aliphatic carbocycles. The summed E-state index contributed by atoms with van der Waals surface area (Å²) in [5, 5.41) is 0. The Hall–Kier alpha value is -1.57. The molecule has 0 amide bonds. The van der Waals surface area contributed by atoms with Crippen LogP contribution in [0, 0.1) is 0 Å². The van der Waals surface area contributed by atoms with Gasteiger partial charge in [-0.25, -0.2) is 0 Å². The molecule has 0 saturated heterocycles. The van der Waals surface area contributed by atoms with E-state index in [0.717, 1.165) is 5.56 Å². The molecule has 13 heavy (non-hydrogen) atoms. The summed E-state index contributed by atoms with van der Waals surface area (Å²) in [4.78, 5) is 11.5. The number of hydrogen-bond donors (Lipinski definition) is 0. The van der Waals surface area contributed by atoms with E-state index in [1.54, 1.807) is 6.08 Å². The normalized spacial score (nSPS) is 14.6. The fourth-order valence-corrected chi connectivity index (χ4v) is 1.52. The molecule has 2 nitrogen and oxygen atoms in total. The summed E-state index contributed by atoms with van der Waals surface area (Å²) in [6, 6.07) is 5.56. The number of Topliss-reactive ketones (excluding diaryl/α,β-unsaturated/α-hetero) is 1. The zero-order valence-electron chi connectivity index (χ0n) is 7.25. The summed E-state index contributed by atoms with van der Waals surface area (Å²) in [5.41, 5.74) is 1.55. The van der Waals surface area contributed by atoms with Gasteiger partial charge in [-0.1, -0.05) is 24.8 Å². The minimum atomic E-state index is 0.150. The lowest BCUT2D eigenvalue weighted by Gasteiger charge is -2.17. The number of benzene rings is 1. The highest BCUT2D eigenvalue weighted by Crippen LogP contribution is 2.28. The molecule has 66 valence electrons. The number of ketones is 1. The van der Waals surface area contributed by atoms with Crippen LogP contribution in [0.1, 0.15) is 22.3 Å². The molecule has 1 aromatic carbocycles. The fourth-order valence-electron chi connectivity index (χ4n) is 1.52. The van der Waals surface area contributed by atoms with Crippen molar-refractivity contribution in [1.82, 2.24) is 0 Å². The van der Waals surface area contributed by atoms with Crippen LogP contribution in [0.3, 0.4) is 0 Å². The molecule has 0 radical (unpaired) electrons. The first-order valence-electron chi connectivity index (χ1n) is 4.24. The molecular formula is C11H10O2. The molecule has 0 fully saturated rings. The third-order valence-corrected chi connectivity index (χ3v) is 2.14. The zero-order chi connectivity index (χ0) is 9.26. The van der Waals surface area contributed by atoms with E-state index in [9.17, 15) is 4.79 Å². The first-order chi connectivity index (χ1) is 6.33. The van der Waals surface area contributed by atoms with Gasteiger partial charge < -0.3 is 4.74 Å². The number of fused-ring (bicyclic) bond motifs is 1. The minimum Gasteiger partial charge on any atom is -0.492 e. The quantitative estimate of drug-likeness (QED) is 0.653. The molecule has 0 unspecified atom stereocenters. The molecule has 0 N–H and O–H groups in total. The van der Waals surface area contributed by atoms with E-state index in [2.05, 4.69) is 6.58 Å². The smallest absolute Gasteiger partial charge is 0.170 e. The number of ether oxygens (including phenoxy) is 1. The van der Waals surface area contributed by atoms with Gasteiger partial charge in [0.15, 0.2) is 5.78 Å². The topological polar surface area (TPSA) is 26.3 Å². The Kier molecular flexibility index (Phi) is 1.89. The van der Waals surface area contributed by atoms with Crippen LogP contribution in [0.5, 0.6) is 5.75 Å². The summed E-state index contributed by atoms with van der Waals surface area (Å²) < 4.78 is 5.37. The molecule has 0 spiro atoms. The van der Waals surface area contributed by atoms with Gasteiger partial charge in [0.05, 0.1) is 12.2 Å². The molecule has 1 heterocycles. The zero-order valence-corrected chi connectivity index (χ0v) is 7.25. The van der Waals surface area contributed by atoms with Gasteiger partial charge in [0, 0.05) is 6.42 Å². The average molecular weight is 174 g/mol. The van der Waals surface area contributed by atoms with Gasteiger partial charge in [0.2, 0.25) is 0 Å². The second-order valence-electron chi connectivity index (χ2n) is 2.95. The summed E-state index contributed by atoms with van der Waals surface area (Å²) >= 11 is 0. The first-order valence-corrected chi connectivity index (χ1v) is 4.24. The summed E-state index contributed by atoms with van der Waals surface area (Å²) in [7, 11) is 0. The van der Waals surface area contributed by atoms with Gasteiger partial charge in [-0.05, 0) is 11.6 Å². The average Bonchev–Trinajstić information content (AvgIpc) is 2.17. The van der Waals surface area contributed by atoms with Gasteiger partial charge in [-0.2, -0.15) is 0 Å². The second-order valence-corrected chi connectivity index (χ2v) is 2.95. The third kappa shape index (κ3) is 1.24. The maximum absolute atomic E-state index is 11.5. The van der Waals surface area contributed by atoms with Gasteiger partial charge >= 0.3 is 0 Å². The number of rotatable bonds is 1. The Morgan fingerprint density at radius 2 is 2.31 bits per heavy atom. The molecular weight excluding hydrogens is 164 g/mol. The molecule has 0 aromatic heterocycles. The largest absolute Gasteiger partial charge is 0.492 e. The van der Waals surface area contributed by atoms with Gasteiger partial charge in [-0.3, -0.25) is 4.79 Å². The number of carbonyl (C=O) groups excluding carboxylic acids is 1. The molecule has 2 rings (SSSR count). The van der Waals surface area contributed by atoms with Crippen LogP contribution >= 0.6 is 0 Å². The highest BCUT2D eigenvalue weighted by Gasteiger charge is 2.20. The monoisotopic (exact) mass is 174 g/mol. The van der Waals surface area contributed by atoms with Gasteiger partial charge in [0.25, 0.3) is 0 Å². The van der Waals surface area contributed by atoms with Crippen molar-refractivity contribution in [3.05, 3.63) is 35.9 Å². The maximum Gasteiger partial charge on any atom is 0.170 e. The van der Waals surface area contributed by atoms with E-state index in [1.165, 1.54) is 0 Å². The Labute approximate surface area is 76.8 Å². The predicted octanol–water partition coefficient (Wildman–Crippen LogP) is 2.29. The van der Waals surface area contributed by atoms with Crippen LogP contribution in [-0.4, -0.2) is 12.4 Å². The lowest BCUT2D eigenvalue weighted by molar-refractivity contribution is 0.0933. The summed E-state index contributed by atoms with van der Waals surface area (Å²) in [6.45, 7) is 4.16. The van der Waals surface area contributed by atoms with Crippen molar-refractivity contribution >= 4 is 11.9 Å². The highest BCUT2D eigenvalue weighted by atomic mass is 16.5. The van der Waals surface area contributed by atoms with E-state index in [1.807, 2.05) is 18.2 Å². The van der Waals surface area contributed by atoms with Crippen molar-refractivity contribution < 1.29 is 9.53 Å². The van der Waals surface area contributed by atoms with Gasteiger partial charge in [-0.15, -0.1) is 0 Å². The van der Waals surface area contributed by atoms with Crippen LogP contribution < -0.4 is 4.74 Å². The summed E-state index contributed by atoms with van der Waals surface area (Å²) in [5.74, 6) is 0.838. The Bertz CT molecular complexity index is 366. The molecule has 1 aliphatic rings. The molecule has 0 bridgehead atoms. The molecule has 1 aliphatic heterocycles. The molecule has 0 atom stereocenters. The maximum atomic E-state index is 11.5. The molecule has 1 aromatic rings. The van der Waals surface area contributed by atoms with E-state index >= 15 is 0 Å². The summed E-state index contributed by atoms with van der Waals surface area (Å²) in [6.07, 6.45) is 2.16. The lowest BCUT2D eigenvalue weighted by atomic mass is 9.99. The van der Waals surface area contributed by atoms with E-state index in [-0.39, 0.29) is 5.78 Å². The highest BCUT2D eigenvalue weighted by molar-refractivity contribution is 6.02. The first kappa shape index (κ1) is 8.05. The SMILES string of the molecule is C=Cc1cccc2c1C(=O)CCO2. The predicted molar refractivity (Wildman–Crippen MR) is 51.0 cm³/mol. The van der Waals surface area contributed by atoms with Crippen molar-refractivity contribution in [3.8, 4) is 5.75 Å². The van der Waals surface area contributed by atoms with Crippen molar-refractivity contribution in [1.29, 1.82) is 0 Å². The van der Waals surface area contributed by atoms with Crippen molar-refractivity contribution in [2.24, 2.45) is 0 Å². The third-order valence-electron chi connectivity index (χ3n) is 2.14. The van der Waals surface area contributed by atoms with Crippen molar-refractivity contribution in [2.45, 2.75) is 6.42 Å². The van der Waals surface area contributed by atoms with Crippen LogP contribution in [0.15, 0.2) is 24.8 Å². The van der Waals surface area contributed by atoms with Crippen LogP contribution in [0.2, 0.25) is 0 Å². The van der Waals surface area contributed by atoms with Crippen LogP contribution in [0.25, 0.3) is 6.08 Å². The van der Waals surface area contributed by atoms with E-state index in [4.69, 9.17) is 4.74 Å². The Morgan fingerprint density at radius 3 is 3.08 bits per heavy atom. The van der Waals surface area contributed by atoms with Crippen molar-refractivity contribution in [2.75, 3.05) is 6.61 Å². The van der Waals surface area contributed by atoms with Crippen LogP contribution in [0.4, 0.5) is 0 Å². The van der Waals surface area contributed by atoms with E-state index < -0.39 is 0 Å². The number of carbonyl (C=O) groups is 1. The second kappa shape index (κ2) is 3.05. The fraction of sp³-hybridized carbons (Fsp3) is 0.182. The van der Waals surface area contributed by atoms with Gasteiger partial charge in [0.1, 0.15) is 5.75 Å². The minimum absolute atomic E-state index is 0.150. The lowest BCUT2D eigenvalue weighted by Crippen LogP contribution is -2.16. The number of hydrogen-bond acceptors (Lipinski definition) is 2. The Balaban J connectivity index is 2.63. The molecule has 0 saturated carbocycles. The van der Waals surface area contributed by atoms with Crippen molar-refractivity contribution in [3.63, 3.8) is 0 Å². The Morgan fingerprint density at radius 1 is 1.46 bits per heavy atom.